The SMILES string of the molecule is CC(C)Oc1ncccc1CNCc1ncc(Cl)n1C. The first-order valence-corrected chi connectivity index (χ1v) is 6.93. The molecule has 1 N–H and O–H groups in total. The molecule has 6 heteroatoms. The van der Waals surface area contributed by atoms with Gasteiger partial charge in [0.1, 0.15) is 11.0 Å². The summed E-state index contributed by atoms with van der Waals surface area (Å²) in [5, 5.41) is 3.96. The topological polar surface area (TPSA) is 52.0 Å². The Kier molecular flexibility index (Phi) is 4.98. The Morgan fingerprint density at radius 3 is 2.80 bits per heavy atom. The monoisotopic (exact) mass is 294 g/mol. The molecule has 0 saturated carbocycles. The Morgan fingerprint density at radius 2 is 2.15 bits per heavy atom. The zero-order valence-electron chi connectivity index (χ0n) is 11.9. The summed E-state index contributed by atoms with van der Waals surface area (Å²) in [6, 6.07) is 3.91. The maximum absolute atomic E-state index is 5.95. The molecule has 20 heavy (non-hydrogen) atoms. The van der Waals surface area contributed by atoms with Gasteiger partial charge in [-0.25, -0.2) is 9.97 Å². The number of imidazole rings is 1. The lowest BCUT2D eigenvalue weighted by Gasteiger charge is -2.13. The van der Waals surface area contributed by atoms with Crippen molar-refractivity contribution in [2.24, 2.45) is 7.05 Å². The highest BCUT2D eigenvalue weighted by Gasteiger charge is 2.08. The number of pyridine rings is 1. The maximum atomic E-state index is 5.95. The summed E-state index contributed by atoms with van der Waals surface area (Å²) in [5.41, 5.74) is 1.03. The number of aromatic nitrogens is 3. The number of hydrogen-bond donors (Lipinski definition) is 1. The molecule has 0 bridgehead atoms. The molecule has 0 unspecified atom stereocenters. The van der Waals surface area contributed by atoms with Crippen molar-refractivity contribution in [3.63, 3.8) is 0 Å². The van der Waals surface area contributed by atoms with E-state index in [2.05, 4.69) is 15.3 Å². The quantitative estimate of drug-likeness (QED) is 0.889. The van der Waals surface area contributed by atoms with Crippen LogP contribution in [0.15, 0.2) is 24.5 Å². The van der Waals surface area contributed by atoms with Gasteiger partial charge in [-0.15, -0.1) is 0 Å². The highest BCUT2D eigenvalue weighted by atomic mass is 35.5. The predicted molar refractivity (Wildman–Crippen MR) is 78.8 cm³/mol. The van der Waals surface area contributed by atoms with Crippen LogP contribution in [0.5, 0.6) is 5.88 Å². The molecule has 0 aromatic carbocycles. The van der Waals surface area contributed by atoms with Gasteiger partial charge in [0.25, 0.3) is 0 Å². The number of hydrogen-bond acceptors (Lipinski definition) is 4. The van der Waals surface area contributed by atoms with Crippen molar-refractivity contribution in [3.05, 3.63) is 41.1 Å². The van der Waals surface area contributed by atoms with Gasteiger partial charge in [0.05, 0.1) is 18.8 Å². The van der Waals surface area contributed by atoms with E-state index in [-0.39, 0.29) is 6.10 Å². The molecule has 0 aliphatic heterocycles. The van der Waals surface area contributed by atoms with E-state index in [0.29, 0.717) is 24.1 Å². The van der Waals surface area contributed by atoms with Crippen molar-refractivity contribution in [3.8, 4) is 5.88 Å². The molecule has 0 saturated heterocycles. The van der Waals surface area contributed by atoms with Crippen LogP contribution in [0, 0.1) is 0 Å². The third kappa shape index (κ3) is 3.71. The van der Waals surface area contributed by atoms with Crippen LogP contribution >= 0.6 is 11.6 Å². The normalized spacial score (nSPS) is 11.1. The average Bonchev–Trinajstić information content (AvgIpc) is 2.72. The van der Waals surface area contributed by atoms with Crippen molar-refractivity contribution >= 4 is 11.6 Å². The van der Waals surface area contributed by atoms with Gasteiger partial charge in [-0.2, -0.15) is 0 Å². The molecule has 2 heterocycles. The molecule has 0 aliphatic carbocycles. The summed E-state index contributed by atoms with van der Waals surface area (Å²) in [6.07, 6.45) is 3.49. The van der Waals surface area contributed by atoms with Gasteiger partial charge in [-0.3, -0.25) is 0 Å². The first-order chi connectivity index (χ1) is 9.58. The Morgan fingerprint density at radius 1 is 1.35 bits per heavy atom. The third-order valence-corrected chi connectivity index (χ3v) is 3.17. The van der Waals surface area contributed by atoms with Crippen LogP contribution < -0.4 is 10.1 Å². The van der Waals surface area contributed by atoms with E-state index in [0.717, 1.165) is 11.4 Å². The van der Waals surface area contributed by atoms with Gasteiger partial charge in [0.15, 0.2) is 0 Å². The molecule has 0 radical (unpaired) electrons. The van der Waals surface area contributed by atoms with Crippen LogP contribution in [0.1, 0.15) is 25.2 Å². The molecule has 2 rings (SSSR count). The second-order valence-electron chi connectivity index (χ2n) is 4.79. The fraction of sp³-hybridized carbons (Fsp3) is 0.429. The lowest BCUT2D eigenvalue weighted by molar-refractivity contribution is 0.229. The van der Waals surface area contributed by atoms with Crippen LogP contribution in [0.3, 0.4) is 0 Å². The smallest absolute Gasteiger partial charge is 0.218 e. The van der Waals surface area contributed by atoms with Gasteiger partial charge in [0, 0.05) is 25.4 Å². The van der Waals surface area contributed by atoms with E-state index in [1.807, 2.05) is 37.6 Å². The standard InChI is InChI=1S/C14H19ClN4O/c1-10(2)20-14-11(5-4-6-17-14)7-16-9-13-18-8-12(15)19(13)3/h4-6,8,10,16H,7,9H2,1-3H3. The number of nitrogens with one attached hydrogen (secondary N) is 1. The van der Waals surface area contributed by atoms with E-state index in [1.54, 1.807) is 12.4 Å². The molecular formula is C14H19ClN4O. The van der Waals surface area contributed by atoms with Crippen molar-refractivity contribution in [2.75, 3.05) is 0 Å². The Balaban J connectivity index is 1.95. The minimum absolute atomic E-state index is 0.108. The molecule has 0 fully saturated rings. The molecule has 5 nitrogen and oxygen atoms in total. The van der Waals surface area contributed by atoms with Crippen LogP contribution in [-0.4, -0.2) is 20.6 Å². The zero-order valence-corrected chi connectivity index (χ0v) is 12.7. The van der Waals surface area contributed by atoms with Crippen LogP contribution in [0.4, 0.5) is 0 Å². The van der Waals surface area contributed by atoms with E-state index >= 15 is 0 Å². The molecule has 0 aliphatic rings. The number of ether oxygens (including phenoxy) is 1. The van der Waals surface area contributed by atoms with E-state index < -0.39 is 0 Å². The lowest BCUT2D eigenvalue weighted by atomic mass is 10.2. The molecule has 2 aromatic heterocycles. The molecular weight excluding hydrogens is 276 g/mol. The summed E-state index contributed by atoms with van der Waals surface area (Å²) < 4.78 is 7.53. The van der Waals surface area contributed by atoms with E-state index in [4.69, 9.17) is 16.3 Å². The minimum atomic E-state index is 0.108. The first-order valence-electron chi connectivity index (χ1n) is 6.55. The fourth-order valence-electron chi connectivity index (χ4n) is 1.79. The van der Waals surface area contributed by atoms with Crippen molar-refractivity contribution in [1.82, 2.24) is 19.9 Å². The molecule has 2 aromatic rings. The van der Waals surface area contributed by atoms with Gasteiger partial charge < -0.3 is 14.6 Å². The Bertz CT molecular complexity index is 568. The van der Waals surface area contributed by atoms with Crippen LogP contribution in [0.2, 0.25) is 5.15 Å². The fourth-order valence-corrected chi connectivity index (χ4v) is 1.93. The summed E-state index contributed by atoms with van der Waals surface area (Å²) in [6.45, 7) is 5.28. The highest BCUT2D eigenvalue weighted by molar-refractivity contribution is 6.29. The van der Waals surface area contributed by atoms with E-state index in [1.165, 1.54) is 0 Å². The molecule has 0 amide bonds. The average molecular weight is 295 g/mol. The van der Waals surface area contributed by atoms with E-state index in [9.17, 15) is 0 Å². The summed E-state index contributed by atoms with van der Waals surface area (Å²) >= 11 is 5.95. The Labute approximate surface area is 124 Å². The van der Waals surface area contributed by atoms with Gasteiger partial charge in [-0.05, 0) is 19.9 Å². The molecule has 0 spiro atoms. The van der Waals surface area contributed by atoms with Gasteiger partial charge in [-0.1, -0.05) is 17.7 Å². The summed E-state index contributed by atoms with van der Waals surface area (Å²) in [4.78, 5) is 8.50. The Hall–Kier alpha value is -1.59. The van der Waals surface area contributed by atoms with Crippen molar-refractivity contribution in [1.29, 1.82) is 0 Å². The highest BCUT2D eigenvalue weighted by Crippen LogP contribution is 2.16. The number of halogens is 1. The van der Waals surface area contributed by atoms with Gasteiger partial charge >= 0.3 is 0 Å². The largest absolute Gasteiger partial charge is 0.475 e. The minimum Gasteiger partial charge on any atom is -0.475 e. The van der Waals surface area contributed by atoms with Crippen molar-refractivity contribution in [2.45, 2.75) is 33.0 Å². The van der Waals surface area contributed by atoms with Gasteiger partial charge in [0.2, 0.25) is 5.88 Å². The maximum Gasteiger partial charge on any atom is 0.218 e. The van der Waals surface area contributed by atoms with Crippen LogP contribution in [-0.2, 0) is 20.1 Å². The summed E-state index contributed by atoms with van der Waals surface area (Å²) in [7, 11) is 1.89. The van der Waals surface area contributed by atoms with Crippen molar-refractivity contribution < 1.29 is 4.74 Å². The number of rotatable bonds is 6. The predicted octanol–water partition coefficient (Wildman–Crippen LogP) is 2.55. The molecule has 108 valence electrons. The number of nitrogens with zero attached hydrogens (tertiary/aromatic N) is 3. The first kappa shape index (κ1) is 14.8. The molecule has 0 atom stereocenters. The zero-order chi connectivity index (χ0) is 14.5. The second-order valence-corrected chi connectivity index (χ2v) is 5.18. The second kappa shape index (κ2) is 6.72. The lowest BCUT2D eigenvalue weighted by Crippen LogP contribution is -2.17. The summed E-state index contributed by atoms with van der Waals surface area (Å²) in [5.74, 6) is 1.57. The third-order valence-electron chi connectivity index (χ3n) is 2.82. The van der Waals surface area contributed by atoms with Crippen LogP contribution in [0.25, 0.3) is 0 Å².